The third-order valence-electron chi connectivity index (χ3n) is 4.32. The van der Waals surface area contributed by atoms with Gasteiger partial charge >= 0.3 is 0 Å². The average Bonchev–Trinajstić information content (AvgIpc) is 3.08. The van der Waals surface area contributed by atoms with Crippen molar-refractivity contribution in [1.82, 2.24) is 0 Å². The fraction of sp³-hybridized carbons (Fsp3) is 0.278. The highest BCUT2D eigenvalue weighted by atomic mass is 16.5. The van der Waals surface area contributed by atoms with Gasteiger partial charge in [-0.15, -0.1) is 0 Å². The first-order valence-corrected chi connectivity index (χ1v) is 7.56. The molecule has 0 bridgehead atoms. The van der Waals surface area contributed by atoms with Crippen molar-refractivity contribution in [2.75, 3.05) is 25.1 Å². The molecule has 112 valence electrons. The van der Waals surface area contributed by atoms with Crippen LogP contribution in [-0.4, -0.2) is 20.2 Å². The normalized spacial score (nSPS) is 14.9. The lowest BCUT2D eigenvalue weighted by Crippen LogP contribution is -2.19. The first kappa shape index (κ1) is 13.2. The summed E-state index contributed by atoms with van der Waals surface area (Å²) in [5.74, 6) is 1.42. The van der Waals surface area contributed by atoms with Gasteiger partial charge < -0.3 is 14.1 Å². The molecule has 1 aromatic heterocycles. The van der Waals surface area contributed by atoms with Gasteiger partial charge in [-0.2, -0.15) is 0 Å². The lowest BCUT2D eigenvalue weighted by molar-refractivity contribution is 0.415. The van der Waals surface area contributed by atoms with Crippen molar-refractivity contribution in [2.45, 2.75) is 12.8 Å². The molecule has 0 atom stereocenters. The number of nitrogens with zero attached hydrogens (tertiary/aromatic N) is 1. The zero-order chi connectivity index (χ0) is 15.1. The summed E-state index contributed by atoms with van der Waals surface area (Å²) in [6.45, 7) is 1.91. The van der Waals surface area contributed by atoms with Crippen LogP contribution in [0.1, 0.15) is 12.8 Å². The van der Waals surface area contributed by atoms with E-state index in [1.165, 1.54) is 0 Å². The van der Waals surface area contributed by atoms with E-state index in [1.807, 2.05) is 30.3 Å². The summed E-state index contributed by atoms with van der Waals surface area (Å²) in [7, 11) is 1.63. The zero-order valence-corrected chi connectivity index (χ0v) is 12.5. The predicted molar refractivity (Wildman–Crippen MR) is 88.0 cm³/mol. The van der Waals surface area contributed by atoms with Crippen LogP contribution in [0.15, 0.2) is 45.6 Å². The molecule has 4 rings (SSSR count). The van der Waals surface area contributed by atoms with Crippen molar-refractivity contribution in [3.8, 4) is 5.75 Å². The highest BCUT2D eigenvalue weighted by Gasteiger charge is 2.17. The van der Waals surface area contributed by atoms with Gasteiger partial charge in [0.05, 0.1) is 12.5 Å². The first-order valence-electron chi connectivity index (χ1n) is 7.56. The third kappa shape index (κ3) is 2.03. The van der Waals surface area contributed by atoms with Crippen molar-refractivity contribution in [3.05, 3.63) is 46.6 Å². The summed E-state index contributed by atoms with van der Waals surface area (Å²) in [6.07, 6.45) is 2.30. The van der Waals surface area contributed by atoms with Crippen LogP contribution >= 0.6 is 0 Å². The Morgan fingerprint density at radius 1 is 1.09 bits per heavy atom. The molecule has 4 heteroatoms. The lowest BCUT2D eigenvalue weighted by atomic mass is 10.1. The Bertz CT molecular complexity index is 907. The number of ether oxygens (including phenoxy) is 1. The SMILES string of the molecule is COc1ccc2ccc3oc(N4CCCC4)cc(=O)c3c2c1. The van der Waals surface area contributed by atoms with Gasteiger partial charge in [-0.05, 0) is 36.4 Å². The molecule has 22 heavy (non-hydrogen) atoms. The van der Waals surface area contributed by atoms with E-state index in [0.29, 0.717) is 16.9 Å². The highest BCUT2D eigenvalue weighted by Crippen LogP contribution is 2.29. The Labute approximate surface area is 127 Å². The fourth-order valence-electron chi connectivity index (χ4n) is 3.16. The molecular weight excluding hydrogens is 278 g/mol. The number of rotatable bonds is 2. The van der Waals surface area contributed by atoms with E-state index in [-0.39, 0.29) is 5.43 Å². The molecule has 0 aliphatic carbocycles. The second-order valence-electron chi connectivity index (χ2n) is 5.67. The molecule has 0 radical (unpaired) electrons. The van der Waals surface area contributed by atoms with Gasteiger partial charge in [-0.3, -0.25) is 4.79 Å². The molecule has 4 nitrogen and oxygen atoms in total. The van der Waals surface area contributed by atoms with E-state index >= 15 is 0 Å². The predicted octanol–water partition coefficient (Wildman–Crippen LogP) is 3.56. The first-order chi connectivity index (χ1) is 10.8. The van der Waals surface area contributed by atoms with Crippen LogP contribution in [0.4, 0.5) is 5.88 Å². The summed E-state index contributed by atoms with van der Waals surface area (Å²) in [5, 5.41) is 2.51. The summed E-state index contributed by atoms with van der Waals surface area (Å²) in [4.78, 5) is 14.8. The Morgan fingerprint density at radius 2 is 1.86 bits per heavy atom. The maximum absolute atomic E-state index is 12.6. The van der Waals surface area contributed by atoms with Crippen molar-refractivity contribution in [1.29, 1.82) is 0 Å². The molecule has 3 aromatic rings. The Morgan fingerprint density at radius 3 is 2.64 bits per heavy atom. The number of fused-ring (bicyclic) bond motifs is 3. The summed E-state index contributed by atoms with van der Waals surface area (Å²) >= 11 is 0. The summed E-state index contributed by atoms with van der Waals surface area (Å²) in [5.41, 5.74) is 0.636. The quantitative estimate of drug-likeness (QED) is 0.678. The van der Waals surface area contributed by atoms with Crippen LogP contribution in [0.2, 0.25) is 0 Å². The molecular formula is C18H17NO3. The van der Waals surface area contributed by atoms with Crippen LogP contribution in [-0.2, 0) is 0 Å². The molecule has 1 saturated heterocycles. The van der Waals surface area contributed by atoms with Gasteiger partial charge in [0.15, 0.2) is 11.3 Å². The molecule has 0 unspecified atom stereocenters. The number of hydrogen-bond donors (Lipinski definition) is 0. The number of hydrogen-bond acceptors (Lipinski definition) is 4. The molecule has 2 heterocycles. The Kier molecular flexibility index (Phi) is 3.03. The molecule has 2 aromatic carbocycles. The lowest BCUT2D eigenvalue weighted by Gasteiger charge is -2.16. The van der Waals surface area contributed by atoms with Gasteiger partial charge in [0.1, 0.15) is 11.3 Å². The highest BCUT2D eigenvalue weighted by molar-refractivity contribution is 6.06. The molecule has 0 saturated carbocycles. The van der Waals surface area contributed by atoms with Crippen molar-refractivity contribution < 1.29 is 9.15 Å². The average molecular weight is 295 g/mol. The third-order valence-corrected chi connectivity index (χ3v) is 4.32. The number of anilines is 1. The van der Waals surface area contributed by atoms with Crippen LogP contribution in [0, 0.1) is 0 Å². The molecule has 0 amide bonds. The largest absolute Gasteiger partial charge is 0.497 e. The van der Waals surface area contributed by atoms with Crippen LogP contribution in [0.3, 0.4) is 0 Å². The van der Waals surface area contributed by atoms with E-state index in [2.05, 4.69) is 4.90 Å². The molecule has 1 aliphatic rings. The van der Waals surface area contributed by atoms with Gasteiger partial charge in [0.2, 0.25) is 0 Å². The maximum Gasteiger partial charge on any atom is 0.199 e. The number of benzene rings is 2. The Hall–Kier alpha value is -2.49. The van der Waals surface area contributed by atoms with Crippen LogP contribution in [0.25, 0.3) is 21.7 Å². The minimum atomic E-state index is 0.00185. The maximum atomic E-state index is 12.6. The molecule has 0 spiro atoms. The topological polar surface area (TPSA) is 42.7 Å². The zero-order valence-electron chi connectivity index (χ0n) is 12.5. The standard InChI is InChI=1S/C18H17NO3/c1-21-13-6-4-12-5-7-16-18(14(12)10-13)15(20)11-17(22-16)19-8-2-3-9-19/h4-7,10-11H,2-3,8-9H2,1H3. The van der Waals surface area contributed by atoms with E-state index < -0.39 is 0 Å². The second-order valence-corrected chi connectivity index (χ2v) is 5.67. The van der Waals surface area contributed by atoms with E-state index in [9.17, 15) is 4.79 Å². The van der Waals surface area contributed by atoms with Gasteiger partial charge in [-0.1, -0.05) is 12.1 Å². The van der Waals surface area contributed by atoms with Crippen molar-refractivity contribution >= 4 is 27.6 Å². The molecule has 1 aliphatic heterocycles. The smallest absolute Gasteiger partial charge is 0.199 e. The summed E-state index contributed by atoms with van der Waals surface area (Å²) in [6, 6.07) is 11.2. The van der Waals surface area contributed by atoms with Gasteiger partial charge in [-0.25, -0.2) is 0 Å². The van der Waals surface area contributed by atoms with E-state index in [1.54, 1.807) is 13.2 Å². The molecule has 0 N–H and O–H groups in total. The molecule has 1 fully saturated rings. The van der Waals surface area contributed by atoms with Crippen LogP contribution in [0.5, 0.6) is 5.75 Å². The summed E-state index contributed by atoms with van der Waals surface area (Å²) < 4.78 is 11.3. The second kappa shape index (κ2) is 5.05. The number of methoxy groups -OCH3 is 1. The Balaban J connectivity index is 1.99. The fourth-order valence-corrected chi connectivity index (χ4v) is 3.16. The van der Waals surface area contributed by atoms with Crippen molar-refractivity contribution in [3.63, 3.8) is 0 Å². The monoisotopic (exact) mass is 295 g/mol. The van der Waals surface area contributed by atoms with E-state index in [4.69, 9.17) is 9.15 Å². The van der Waals surface area contributed by atoms with Crippen LogP contribution < -0.4 is 15.1 Å². The minimum Gasteiger partial charge on any atom is -0.497 e. The van der Waals surface area contributed by atoms with Gasteiger partial charge in [0, 0.05) is 24.5 Å². The minimum absolute atomic E-state index is 0.00185. The van der Waals surface area contributed by atoms with E-state index in [0.717, 1.165) is 42.5 Å². The van der Waals surface area contributed by atoms with Gasteiger partial charge in [0.25, 0.3) is 0 Å². The van der Waals surface area contributed by atoms with Crippen molar-refractivity contribution in [2.24, 2.45) is 0 Å².